The predicted octanol–water partition coefficient (Wildman–Crippen LogP) is 5.59. The van der Waals surface area contributed by atoms with Crippen molar-refractivity contribution >= 4 is 63.1 Å². The molecule has 0 aliphatic carbocycles. The van der Waals surface area contributed by atoms with Gasteiger partial charge in [-0.15, -0.1) is 0 Å². The first-order valence-corrected chi connectivity index (χ1v) is 11.4. The summed E-state index contributed by atoms with van der Waals surface area (Å²) >= 11 is 18.7. The highest BCUT2D eigenvalue weighted by atomic mass is 35.5. The van der Waals surface area contributed by atoms with Gasteiger partial charge in [-0.25, -0.2) is 4.98 Å². The molecular formula is C24H19Cl3N4O4. The molecule has 0 saturated heterocycles. The third-order valence-corrected chi connectivity index (χ3v) is 6.25. The summed E-state index contributed by atoms with van der Waals surface area (Å²) in [5.74, 6) is -0.888. The molecule has 0 saturated carbocycles. The van der Waals surface area contributed by atoms with Crippen molar-refractivity contribution in [3.8, 4) is 11.6 Å². The van der Waals surface area contributed by atoms with Crippen LogP contribution in [0.15, 0.2) is 42.7 Å². The lowest BCUT2D eigenvalue weighted by atomic mass is 10.1. The van der Waals surface area contributed by atoms with Crippen LogP contribution in [0.25, 0.3) is 10.9 Å². The Morgan fingerprint density at radius 2 is 1.80 bits per heavy atom. The van der Waals surface area contributed by atoms with Gasteiger partial charge >= 0.3 is 0 Å². The van der Waals surface area contributed by atoms with Crippen molar-refractivity contribution in [3.05, 3.63) is 74.7 Å². The number of Topliss-reactive ketones (excluding diaryl/α,β-unsaturated/α-hetero) is 1. The maximum atomic E-state index is 13.4. The van der Waals surface area contributed by atoms with Crippen molar-refractivity contribution in [2.24, 2.45) is 0 Å². The number of anilines is 1. The Morgan fingerprint density at radius 1 is 1.03 bits per heavy atom. The largest absolute Gasteiger partial charge is 0.495 e. The summed E-state index contributed by atoms with van der Waals surface area (Å²) in [7, 11) is 2.93. The number of fused-ring (bicyclic) bond motifs is 1. The minimum absolute atomic E-state index is 0.207. The second-order valence-electron chi connectivity index (χ2n) is 7.50. The van der Waals surface area contributed by atoms with Gasteiger partial charge in [0.1, 0.15) is 5.75 Å². The molecule has 0 radical (unpaired) electrons. The minimum Gasteiger partial charge on any atom is -0.495 e. The molecule has 1 aromatic carbocycles. The highest BCUT2D eigenvalue weighted by molar-refractivity contribution is 6.49. The molecule has 0 spiro atoms. The standard InChI is InChI=1S/C24H19Cl3N4O4/c1-12-22(23(32)24(33)30-14-4-5-28-21(7-14)35-3)15-8-20(34-2)17(27)9-19(15)31(12)11-18-16(26)6-13(25)10-29-18/h4-10H,11H2,1-3H3,(H,28,30,33). The van der Waals surface area contributed by atoms with Crippen molar-refractivity contribution < 1.29 is 19.1 Å². The van der Waals surface area contributed by atoms with Gasteiger partial charge in [0.05, 0.1) is 52.6 Å². The average molecular weight is 534 g/mol. The van der Waals surface area contributed by atoms with Gasteiger partial charge in [0.15, 0.2) is 0 Å². The van der Waals surface area contributed by atoms with Gasteiger partial charge in [-0.1, -0.05) is 34.8 Å². The van der Waals surface area contributed by atoms with Crippen LogP contribution in [0, 0.1) is 6.92 Å². The van der Waals surface area contributed by atoms with E-state index >= 15 is 0 Å². The van der Waals surface area contributed by atoms with Gasteiger partial charge in [-0.3, -0.25) is 14.6 Å². The van der Waals surface area contributed by atoms with Crippen molar-refractivity contribution in [2.75, 3.05) is 19.5 Å². The van der Waals surface area contributed by atoms with Gasteiger partial charge in [0.2, 0.25) is 5.88 Å². The maximum Gasteiger partial charge on any atom is 0.296 e. The van der Waals surface area contributed by atoms with Crippen molar-refractivity contribution in [1.29, 1.82) is 0 Å². The number of carbonyl (C=O) groups excluding carboxylic acids is 2. The van der Waals surface area contributed by atoms with E-state index in [1.165, 1.54) is 32.7 Å². The summed E-state index contributed by atoms with van der Waals surface area (Å²) in [6, 6.07) is 7.97. The molecule has 0 unspecified atom stereocenters. The van der Waals surface area contributed by atoms with Crippen LogP contribution in [0.4, 0.5) is 5.69 Å². The highest BCUT2D eigenvalue weighted by Gasteiger charge is 2.27. The number of benzene rings is 1. The summed E-state index contributed by atoms with van der Waals surface area (Å²) < 4.78 is 12.2. The second kappa shape index (κ2) is 10.1. The minimum atomic E-state index is -0.822. The van der Waals surface area contributed by atoms with Crippen molar-refractivity contribution in [1.82, 2.24) is 14.5 Å². The summed E-state index contributed by atoms with van der Waals surface area (Å²) in [6.45, 7) is 1.96. The number of ketones is 1. The van der Waals surface area contributed by atoms with Gasteiger partial charge in [0, 0.05) is 35.2 Å². The van der Waals surface area contributed by atoms with Crippen molar-refractivity contribution in [2.45, 2.75) is 13.5 Å². The first-order valence-electron chi connectivity index (χ1n) is 10.3. The Bertz CT molecular complexity index is 1470. The predicted molar refractivity (Wildman–Crippen MR) is 135 cm³/mol. The quantitative estimate of drug-likeness (QED) is 0.246. The second-order valence-corrected chi connectivity index (χ2v) is 8.75. The smallest absolute Gasteiger partial charge is 0.296 e. The number of aromatic nitrogens is 3. The molecule has 0 aliphatic heterocycles. The molecule has 35 heavy (non-hydrogen) atoms. The maximum absolute atomic E-state index is 13.4. The fourth-order valence-electron chi connectivity index (χ4n) is 3.73. The molecule has 0 aliphatic rings. The van der Waals surface area contributed by atoms with E-state index in [1.807, 2.05) is 4.57 Å². The summed E-state index contributed by atoms with van der Waals surface area (Å²) in [5.41, 5.74) is 2.26. The summed E-state index contributed by atoms with van der Waals surface area (Å²) in [6.07, 6.45) is 2.95. The Hall–Kier alpha value is -3.33. The summed E-state index contributed by atoms with van der Waals surface area (Å²) in [5, 5.41) is 4.22. The first kappa shape index (κ1) is 24.8. The Balaban J connectivity index is 1.81. The fourth-order valence-corrected chi connectivity index (χ4v) is 4.41. The normalized spacial score (nSPS) is 10.9. The number of methoxy groups -OCH3 is 2. The SMILES string of the molecule is COc1cc(NC(=O)C(=O)c2c(C)n(Cc3ncc(Cl)cc3Cl)c3cc(Cl)c(OC)cc23)ccn1. The number of amides is 1. The molecule has 180 valence electrons. The Morgan fingerprint density at radius 3 is 2.49 bits per heavy atom. The van der Waals surface area contributed by atoms with E-state index in [0.717, 1.165) is 0 Å². The van der Waals surface area contributed by atoms with Crippen LogP contribution >= 0.6 is 34.8 Å². The van der Waals surface area contributed by atoms with E-state index in [2.05, 4.69) is 15.3 Å². The number of halogens is 3. The lowest BCUT2D eigenvalue weighted by Gasteiger charge is -2.11. The number of rotatable bonds is 7. The Kier molecular flexibility index (Phi) is 7.16. The molecule has 8 nitrogen and oxygen atoms in total. The number of ether oxygens (including phenoxy) is 2. The van der Waals surface area contributed by atoms with E-state index in [1.54, 1.807) is 31.2 Å². The molecular weight excluding hydrogens is 515 g/mol. The van der Waals surface area contributed by atoms with Crippen LogP contribution in [0.3, 0.4) is 0 Å². The molecule has 4 aromatic rings. The number of pyridine rings is 2. The average Bonchev–Trinajstić information content (AvgIpc) is 3.09. The topological polar surface area (TPSA) is 95.3 Å². The van der Waals surface area contributed by atoms with Crippen molar-refractivity contribution in [3.63, 3.8) is 0 Å². The fraction of sp³-hybridized carbons (Fsp3) is 0.167. The van der Waals surface area contributed by atoms with Gasteiger partial charge in [-0.2, -0.15) is 0 Å². The zero-order valence-corrected chi connectivity index (χ0v) is 21.1. The molecule has 0 atom stereocenters. The van der Waals surface area contributed by atoms with E-state index in [0.29, 0.717) is 54.7 Å². The van der Waals surface area contributed by atoms with Gasteiger partial charge < -0.3 is 19.4 Å². The molecule has 4 rings (SSSR count). The molecule has 3 aromatic heterocycles. The molecule has 0 fully saturated rings. The molecule has 0 bridgehead atoms. The lowest BCUT2D eigenvalue weighted by molar-refractivity contribution is -0.112. The summed E-state index contributed by atoms with van der Waals surface area (Å²) in [4.78, 5) is 34.7. The molecule has 1 N–H and O–H groups in total. The van der Waals surface area contributed by atoms with Crippen LogP contribution in [-0.2, 0) is 11.3 Å². The third-order valence-electron chi connectivity index (χ3n) is 5.42. The third kappa shape index (κ3) is 4.91. The first-order chi connectivity index (χ1) is 16.7. The monoisotopic (exact) mass is 532 g/mol. The highest BCUT2D eigenvalue weighted by Crippen LogP contribution is 2.36. The number of nitrogens with zero attached hydrogens (tertiary/aromatic N) is 3. The van der Waals surface area contributed by atoms with E-state index in [4.69, 9.17) is 44.3 Å². The zero-order valence-electron chi connectivity index (χ0n) is 18.9. The zero-order chi connectivity index (χ0) is 25.3. The number of hydrogen-bond acceptors (Lipinski definition) is 6. The van der Waals surface area contributed by atoms with Crippen LogP contribution in [0.2, 0.25) is 15.1 Å². The molecule has 1 amide bonds. The van der Waals surface area contributed by atoms with Crippen LogP contribution in [0.1, 0.15) is 21.7 Å². The van der Waals surface area contributed by atoms with Crippen LogP contribution in [0.5, 0.6) is 11.6 Å². The number of hydrogen-bond donors (Lipinski definition) is 1. The van der Waals surface area contributed by atoms with E-state index in [9.17, 15) is 9.59 Å². The van der Waals surface area contributed by atoms with E-state index in [-0.39, 0.29) is 12.1 Å². The van der Waals surface area contributed by atoms with Crippen LogP contribution in [-0.4, -0.2) is 40.4 Å². The van der Waals surface area contributed by atoms with Gasteiger partial charge in [-0.05, 0) is 31.2 Å². The lowest BCUT2D eigenvalue weighted by Crippen LogP contribution is -2.23. The van der Waals surface area contributed by atoms with Gasteiger partial charge in [0.25, 0.3) is 11.7 Å². The number of carbonyl (C=O) groups is 2. The molecule has 3 heterocycles. The van der Waals surface area contributed by atoms with Crippen LogP contribution < -0.4 is 14.8 Å². The van der Waals surface area contributed by atoms with E-state index < -0.39 is 11.7 Å². The number of nitrogens with one attached hydrogen (secondary N) is 1. The molecule has 11 heteroatoms. The Labute approximate surface area is 215 Å².